The first-order valence-electron chi connectivity index (χ1n) is 9.50. The average Bonchev–Trinajstić information content (AvgIpc) is 3.21. The summed E-state index contributed by atoms with van der Waals surface area (Å²) >= 11 is 0. The molecule has 0 spiro atoms. The van der Waals surface area contributed by atoms with Crippen molar-refractivity contribution in [3.8, 4) is 0 Å². The highest BCUT2D eigenvalue weighted by Crippen LogP contribution is 2.19. The van der Waals surface area contributed by atoms with E-state index in [4.69, 9.17) is 9.15 Å². The summed E-state index contributed by atoms with van der Waals surface area (Å²) in [5.41, 5.74) is 1.16. The van der Waals surface area contributed by atoms with Crippen LogP contribution in [0.2, 0.25) is 0 Å². The third kappa shape index (κ3) is 7.81. The van der Waals surface area contributed by atoms with E-state index in [1.54, 1.807) is 25.3 Å². The first kappa shape index (κ1) is 24.5. The summed E-state index contributed by atoms with van der Waals surface area (Å²) in [5.74, 6) is 1.16. The Kier molecular flexibility index (Phi) is 11.2. The first-order chi connectivity index (χ1) is 13.1. The molecule has 0 saturated heterocycles. The van der Waals surface area contributed by atoms with Gasteiger partial charge in [-0.2, -0.15) is 0 Å². The van der Waals surface area contributed by atoms with E-state index in [1.165, 1.54) is 0 Å². The van der Waals surface area contributed by atoms with Gasteiger partial charge in [-0.15, -0.1) is 24.0 Å². The van der Waals surface area contributed by atoms with Crippen molar-refractivity contribution in [3.63, 3.8) is 0 Å². The summed E-state index contributed by atoms with van der Waals surface area (Å²) in [6.07, 6.45) is 2.56. The quantitative estimate of drug-likeness (QED) is 0.200. The van der Waals surface area contributed by atoms with Gasteiger partial charge in [-0.05, 0) is 43.5 Å². The molecule has 1 aromatic heterocycles. The summed E-state index contributed by atoms with van der Waals surface area (Å²) in [4.78, 5) is 4.65. The topological polar surface area (TPSA) is 79.0 Å². The van der Waals surface area contributed by atoms with Crippen molar-refractivity contribution in [2.75, 3.05) is 19.7 Å². The second-order valence-electron chi connectivity index (χ2n) is 6.62. The predicted octanol–water partition coefficient (Wildman–Crippen LogP) is 3.79. The van der Waals surface area contributed by atoms with Crippen molar-refractivity contribution in [3.05, 3.63) is 59.5 Å². The third-order valence-corrected chi connectivity index (χ3v) is 4.13. The minimum atomic E-state index is -1.12. The van der Waals surface area contributed by atoms with E-state index < -0.39 is 5.60 Å². The molecule has 1 aromatic carbocycles. The molecule has 7 heteroatoms. The van der Waals surface area contributed by atoms with Gasteiger partial charge in [0.1, 0.15) is 11.4 Å². The molecule has 0 aliphatic heterocycles. The molecule has 1 unspecified atom stereocenters. The highest BCUT2D eigenvalue weighted by Gasteiger charge is 2.26. The van der Waals surface area contributed by atoms with Gasteiger partial charge >= 0.3 is 0 Å². The maximum absolute atomic E-state index is 10.6. The largest absolute Gasteiger partial charge is 0.466 e. The molecule has 6 nitrogen and oxygen atoms in total. The highest BCUT2D eigenvalue weighted by atomic mass is 127. The molecule has 3 N–H and O–H groups in total. The van der Waals surface area contributed by atoms with E-state index >= 15 is 0 Å². The number of nitrogens with one attached hydrogen (secondary N) is 2. The molecule has 0 amide bonds. The first-order valence-corrected chi connectivity index (χ1v) is 9.50. The van der Waals surface area contributed by atoms with Crippen LogP contribution in [0.1, 0.15) is 44.1 Å². The van der Waals surface area contributed by atoms with Gasteiger partial charge in [0.2, 0.25) is 0 Å². The lowest BCUT2D eigenvalue weighted by Gasteiger charge is -2.22. The molecule has 0 bridgehead atoms. The van der Waals surface area contributed by atoms with Crippen LogP contribution >= 0.6 is 24.0 Å². The zero-order valence-electron chi connectivity index (χ0n) is 16.9. The summed E-state index contributed by atoms with van der Waals surface area (Å²) in [5, 5.41) is 17.0. The number of aliphatic imine (C=N–C) groups is 1. The van der Waals surface area contributed by atoms with Gasteiger partial charge in [-0.3, -0.25) is 0 Å². The molecule has 1 atom stereocenters. The maximum Gasteiger partial charge on any atom is 0.191 e. The number of guanidine groups is 1. The summed E-state index contributed by atoms with van der Waals surface area (Å²) in [7, 11) is 0. The summed E-state index contributed by atoms with van der Waals surface area (Å²) in [6.45, 7) is 8.72. The fourth-order valence-corrected chi connectivity index (χ4v) is 2.61. The number of hydrogen-bond acceptors (Lipinski definition) is 4. The number of rotatable bonds is 10. The number of nitrogens with zero attached hydrogens (tertiary/aromatic N) is 1. The van der Waals surface area contributed by atoms with Gasteiger partial charge in [0.05, 0.1) is 26.0 Å². The minimum Gasteiger partial charge on any atom is -0.466 e. The molecule has 0 radical (unpaired) electrons. The molecular weight excluding hydrogens is 469 g/mol. The Bertz CT molecular complexity index is 703. The van der Waals surface area contributed by atoms with E-state index in [9.17, 15) is 5.11 Å². The van der Waals surface area contributed by atoms with Crippen molar-refractivity contribution in [1.82, 2.24) is 10.6 Å². The lowest BCUT2D eigenvalue weighted by Crippen LogP contribution is -2.44. The fraction of sp³-hybridized carbons (Fsp3) is 0.476. The number of benzene rings is 1. The van der Waals surface area contributed by atoms with Gasteiger partial charge < -0.3 is 24.9 Å². The molecule has 156 valence electrons. The smallest absolute Gasteiger partial charge is 0.191 e. The lowest BCUT2D eigenvalue weighted by atomic mass is 10.0. The predicted molar refractivity (Wildman–Crippen MR) is 123 cm³/mol. The fourth-order valence-electron chi connectivity index (χ4n) is 2.61. The SMILES string of the molecule is CCCOCc1ccccc1CN=C(NCC)NCC(C)(O)c1ccco1.I. The number of furan rings is 1. The van der Waals surface area contributed by atoms with Gasteiger partial charge in [-0.25, -0.2) is 4.99 Å². The van der Waals surface area contributed by atoms with Crippen LogP contribution in [0.4, 0.5) is 0 Å². The zero-order valence-corrected chi connectivity index (χ0v) is 19.2. The van der Waals surface area contributed by atoms with Crippen molar-refractivity contribution in [2.45, 2.75) is 45.9 Å². The standard InChI is InChI=1S/C21H31N3O3.HI/c1-4-12-26-15-18-10-7-6-9-17(18)14-23-20(22-5-2)24-16-21(3,25)19-11-8-13-27-19;/h6-11,13,25H,4-5,12,14-16H2,1-3H3,(H2,22,23,24);1H. The van der Waals surface area contributed by atoms with Crippen molar-refractivity contribution >= 4 is 29.9 Å². The van der Waals surface area contributed by atoms with Crippen LogP contribution in [0.15, 0.2) is 52.1 Å². The normalized spacial score (nSPS) is 13.5. The van der Waals surface area contributed by atoms with Gasteiger partial charge in [0.15, 0.2) is 5.96 Å². The van der Waals surface area contributed by atoms with Crippen molar-refractivity contribution < 1.29 is 14.3 Å². The van der Waals surface area contributed by atoms with E-state index in [2.05, 4.69) is 34.7 Å². The van der Waals surface area contributed by atoms with Crippen LogP contribution in [0.5, 0.6) is 0 Å². The maximum atomic E-state index is 10.6. The van der Waals surface area contributed by atoms with E-state index in [0.717, 1.165) is 30.7 Å². The van der Waals surface area contributed by atoms with E-state index in [1.807, 2.05) is 19.1 Å². The molecule has 1 heterocycles. The Morgan fingerprint density at radius 1 is 1.14 bits per heavy atom. The Balaban J connectivity index is 0.00000392. The molecule has 2 rings (SSSR count). The van der Waals surface area contributed by atoms with Gasteiger partial charge in [0.25, 0.3) is 0 Å². The van der Waals surface area contributed by atoms with Crippen molar-refractivity contribution in [1.29, 1.82) is 0 Å². The van der Waals surface area contributed by atoms with Crippen LogP contribution in [0.3, 0.4) is 0 Å². The number of ether oxygens (including phenoxy) is 1. The Morgan fingerprint density at radius 3 is 2.54 bits per heavy atom. The van der Waals surface area contributed by atoms with Gasteiger partial charge in [-0.1, -0.05) is 31.2 Å². The van der Waals surface area contributed by atoms with Gasteiger partial charge in [0, 0.05) is 13.2 Å². The molecular formula is C21H32IN3O3. The Hall–Kier alpha value is -1.58. The Labute approximate surface area is 184 Å². The second-order valence-corrected chi connectivity index (χ2v) is 6.62. The van der Waals surface area contributed by atoms with Crippen LogP contribution < -0.4 is 10.6 Å². The third-order valence-electron chi connectivity index (χ3n) is 4.13. The molecule has 0 aliphatic rings. The van der Waals surface area contributed by atoms with E-state index in [0.29, 0.717) is 24.9 Å². The molecule has 0 fully saturated rings. The molecule has 0 saturated carbocycles. The monoisotopic (exact) mass is 501 g/mol. The molecule has 28 heavy (non-hydrogen) atoms. The molecule has 0 aliphatic carbocycles. The second kappa shape index (κ2) is 12.8. The zero-order chi connectivity index (χ0) is 19.5. The minimum absolute atomic E-state index is 0. The van der Waals surface area contributed by atoms with Crippen LogP contribution in [0, 0.1) is 0 Å². The number of aliphatic hydroxyl groups is 1. The van der Waals surface area contributed by atoms with Crippen molar-refractivity contribution in [2.24, 2.45) is 4.99 Å². The van der Waals surface area contributed by atoms with Crippen LogP contribution in [-0.2, 0) is 23.5 Å². The molecule has 2 aromatic rings. The average molecular weight is 501 g/mol. The lowest BCUT2D eigenvalue weighted by molar-refractivity contribution is 0.0386. The van der Waals surface area contributed by atoms with Crippen LogP contribution in [0.25, 0.3) is 0 Å². The van der Waals surface area contributed by atoms with Crippen LogP contribution in [-0.4, -0.2) is 30.8 Å². The summed E-state index contributed by atoms with van der Waals surface area (Å²) in [6, 6.07) is 11.7. The Morgan fingerprint density at radius 2 is 1.89 bits per heavy atom. The number of hydrogen-bond donors (Lipinski definition) is 3. The summed E-state index contributed by atoms with van der Waals surface area (Å²) < 4.78 is 11.0. The highest BCUT2D eigenvalue weighted by molar-refractivity contribution is 14.0. The van der Waals surface area contributed by atoms with E-state index in [-0.39, 0.29) is 30.5 Å². The number of halogens is 1.